The van der Waals surface area contributed by atoms with Gasteiger partial charge in [-0.25, -0.2) is 4.79 Å². The number of halogens is 3. The number of carboxylic acid groups (broad SMARTS) is 1. The molecule has 3 rings (SSSR count). The summed E-state index contributed by atoms with van der Waals surface area (Å²) in [6, 6.07) is -0.0998. The lowest BCUT2D eigenvalue weighted by atomic mass is 10.0. The van der Waals surface area contributed by atoms with E-state index in [4.69, 9.17) is 19.7 Å². The Morgan fingerprint density at radius 1 is 1.29 bits per heavy atom. The van der Waals surface area contributed by atoms with Crippen LogP contribution in [-0.4, -0.2) is 87.4 Å². The Morgan fingerprint density at radius 3 is 2.45 bits per heavy atom. The van der Waals surface area contributed by atoms with Crippen LogP contribution in [-0.2, 0) is 14.4 Å². The second-order valence-electron chi connectivity index (χ2n) is 6.70. The Labute approximate surface area is 174 Å². The number of anilines is 1. The van der Waals surface area contributed by atoms with E-state index in [-0.39, 0.29) is 43.5 Å². The number of carbonyl (C=O) groups excluding carboxylic acids is 2. The first-order chi connectivity index (χ1) is 14.6. The van der Waals surface area contributed by atoms with E-state index < -0.39 is 12.1 Å². The third-order valence-electron chi connectivity index (χ3n) is 4.46. The standard InChI is InChI=1S/C15H21N5O4.C2HF3O2/c21-5-6-24-14-9-16-8-12(18-14)17-10-1-3-20(4-2-10)11-7-13(22)19-15(11)23;3-2(4,5)1(6)7/h8-11,21H,1-7H2,(H,17,18)(H,19,22,23);(H,6,7). The second kappa shape index (κ2) is 10.9. The summed E-state index contributed by atoms with van der Waals surface area (Å²) in [6.45, 7) is 1.60. The molecule has 11 nitrogen and oxygen atoms in total. The fourth-order valence-corrected chi connectivity index (χ4v) is 3.04. The number of amides is 2. The lowest BCUT2D eigenvalue weighted by Crippen LogP contribution is -2.47. The maximum atomic E-state index is 11.7. The number of likely N-dealkylation sites (tertiary alicyclic amines) is 1. The average Bonchev–Trinajstić information content (AvgIpc) is 3.05. The van der Waals surface area contributed by atoms with Crippen LogP contribution in [0.3, 0.4) is 0 Å². The smallest absolute Gasteiger partial charge is 0.475 e. The second-order valence-corrected chi connectivity index (χ2v) is 6.70. The van der Waals surface area contributed by atoms with Gasteiger partial charge in [0.05, 0.1) is 31.5 Å². The zero-order chi connectivity index (χ0) is 23.0. The molecule has 14 heteroatoms. The van der Waals surface area contributed by atoms with Crippen molar-refractivity contribution in [2.45, 2.75) is 37.5 Å². The van der Waals surface area contributed by atoms with E-state index in [0.29, 0.717) is 11.7 Å². The van der Waals surface area contributed by atoms with Gasteiger partial charge in [0.15, 0.2) is 0 Å². The maximum Gasteiger partial charge on any atom is 0.490 e. The third-order valence-corrected chi connectivity index (χ3v) is 4.46. The first-order valence-corrected chi connectivity index (χ1v) is 9.30. The van der Waals surface area contributed by atoms with Gasteiger partial charge in [0.25, 0.3) is 0 Å². The van der Waals surface area contributed by atoms with Gasteiger partial charge < -0.3 is 20.3 Å². The summed E-state index contributed by atoms with van der Waals surface area (Å²) in [6.07, 6.45) is -0.00415. The number of ether oxygens (including phenoxy) is 1. The first kappa shape index (κ1) is 24.3. The molecule has 1 aromatic rings. The third kappa shape index (κ3) is 7.64. The molecule has 2 aliphatic rings. The minimum atomic E-state index is -5.08. The number of nitrogens with zero attached hydrogens (tertiary/aromatic N) is 3. The minimum absolute atomic E-state index is 0.0744. The quantitative estimate of drug-likeness (QED) is 0.428. The predicted octanol–water partition coefficient (Wildman–Crippen LogP) is -0.228. The molecule has 1 aromatic heterocycles. The van der Waals surface area contributed by atoms with Gasteiger partial charge in [-0.2, -0.15) is 18.2 Å². The van der Waals surface area contributed by atoms with Gasteiger partial charge >= 0.3 is 12.1 Å². The van der Waals surface area contributed by atoms with Crippen molar-refractivity contribution in [1.82, 2.24) is 20.2 Å². The molecule has 2 amide bonds. The van der Waals surface area contributed by atoms with Crippen LogP contribution in [0.15, 0.2) is 12.4 Å². The van der Waals surface area contributed by atoms with Crippen LogP contribution >= 0.6 is 0 Å². The number of aliphatic hydroxyl groups excluding tert-OH is 1. The van der Waals surface area contributed by atoms with E-state index in [2.05, 4.69) is 25.5 Å². The van der Waals surface area contributed by atoms with Gasteiger partial charge in [0, 0.05) is 19.1 Å². The van der Waals surface area contributed by atoms with Crippen molar-refractivity contribution in [2.75, 3.05) is 31.6 Å². The summed E-state index contributed by atoms with van der Waals surface area (Å²) in [5.41, 5.74) is 0. The van der Waals surface area contributed by atoms with E-state index in [1.165, 1.54) is 6.20 Å². The lowest BCUT2D eigenvalue weighted by molar-refractivity contribution is -0.192. The zero-order valence-corrected chi connectivity index (χ0v) is 16.3. The molecule has 4 N–H and O–H groups in total. The number of hydrogen-bond donors (Lipinski definition) is 4. The lowest BCUT2D eigenvalue weighted by Gasteiger charge is -2.34. The molecular formula is C17H22F3N5O6. The predicted molar refractivity (Wildman–Crippen MR) is 98.1 cm³/mol. The fraction of sp³-hybridized carbons (Fsp3) is 0.588. The van der Waals surface area contributed by atoms with Crippen molar-refractivity contribution >= 4 is 23.6 Å². The average molecular weight is 449 g/mol. The SMILES string of the molecule is O=C(O)C(F)(F)F.O=C1CC(N2CCC(Nc3cncc(OCCO)n3)CC2)C(=O)N1. The van der Waals surface area contributed by atoms with E-state index in [9.17, 15) is 22.8 Å². The number of rotatable bonds is 6. The van der Waals surface area contributed by atoms with Crippen molar-refractivity contribution in [2.24, 2.45) is 0 Å². The number of aromatic nitrogens is 2. The van der Waals surface area contributed by atoms with Crippen molar-refractivity contribution in [3.8, 4) is 5.88 Å². The van der Waals surface area contributed by atoms with Crippen LogP contribution in [0.1, 0.15) is 19.3 Å². The largest absolute Gasteiger partial charge is 0.490 e. The molecule has 1 atom stereocenters. The number of carboxylic acids is 1. The Balaban J connectivity index is 0.000000423. The van der Waals surface area contributed by atoms with Crippen molar-refractivity contribution in [3.05, 3.63) is 12.4 Å². The highest BCUT2D eigenvalue weighted by atomic mass is 19.4. The van der Waals surface area contributed by atoms with Crippen LogP contribution in [0.2, 0.25) is 0 Å². The molecule has 172 valence electrons. The number of aliphatic carboxylic acids is 1. The highest BCUT2D eigenvalue weighted by molar-refractivity contribution is 6.05. The molecule has 0 saturated carbocycles. The van der Waals surface area contributed by atoms with Crippen LogP contribution in [0.4, 0.5) is 19.0 Å². The summed E-state index contributed by atoms with van der Waals surface area (Å²) < 4.78 is 37.0. The highest BCUT2D eigenvalue weighted by Crippen LogP contribution is 2.20. The van der Waals surface area contributed by atoms with E-state index in [1.54, 1.807) is 6.20 Å². The number of aliphatic hydroxyl groups is 1. The number of hydrogen-bond acceptors (Lipinski definition) is 9. The van der Waals surface area contributed by atoms with E-state index >= 15 is 0 Å². The van der Waals surface area contributed by atoms with Gasteiger partial charge in [0.1, 0.15) is 12.4 Å². The van der Waals surface area contributed by atoms with Crippen molar-refractivity contribution in [3.63, 3.8) is 0 Å². The number of nitrogens with one attached hydrogen (secondary N) is 2. The zero-order valence-electron chi connectivity index (χ0n) is 16.3. The Kier molecular flexibility index (Phi) is 8.50. The van der Waals surface area contributed by atoms with Crippen LogP contribution in [0.25, 0.3) is 0 Å². The summed E-state index contributed by atoms with van der Waals surface area (Å²) in [7, 11) is 0. The Morgan fingerprint density at radius 2 is 1.94 bits per heavy atom. The molecule has 2 saturated heterocycles. The summed E-state index contributed by atoms with van der Waals surface area (Å²) in [5, 5.41) is 21.6. The highest BCUT2D eigenvalue weighted by Gasteiger charge is 2.38. The Hall–Kier alpha value is -3.00. The fourth-order valence-electron chi connectivity index (χ4n) is 3.04. The number of piperidine rings is 1. The van der Waals surface area contributed by atoms with Crippen LogP contribution in [0.5, 0.6) is 5.88 Å². The normalized spacial score (nSPS) is 19.9. The summed E-state index contributed by atoms with van der Waals surface area (Å²) in [4.78, 5) is 42.4. The van der Waals surface area contributed by atoms with Crippen LogP contribution < -0.4 is 15.4 Å². The van der Waals surface area contributed by atoms with Gasteiger partial charge in [-0.15, -0.1) is 0 Å². The van der Waals surface area contributed by atoms with Gasteiger partial charge in [-0.05, 0) is 12.8 Å². The number of alkyl halides is 3. The molecule has 0 bridgehead atoms. The monoisotopic (exact) mass is 449 g/mol. The van der Waals surface area contributed by atoms with Gasteiger partial charge in [-0.1, -0.05) is 0 Å². The molecule has 3 heterocycles. The number of imide groups is 1. The summed E-state index contributed by atoms with van der Waals surface area (Å²) >= 11 is 0. The summed E-state index contributed by atoms with van der Waals surface area (Å²) in [5.74, 6) is -2.15. The van der Waals surface area contributed by atoms with Crippen LogP contribution in [0, 0.1) is 0 Å². The molecule has 2 fully saturated rings. The maximum absolute atomic E-state index is 11.7. The topological polar surface area (TPSA) is 154 Å². The first-order valence-electron chi connectivity index (χ1n) is 9.30. The van der Waals surface area contributed by atoms with E-state index in [0.717, 1.165) is 25.9 Å². The molecule has 1 unspecified atom stereocenters. The molecule has 0 aliphatic carbocycles. The van der Waals surface area contributed by atoms with Gasteiger partial charge in [-0.3, -0.25) is 24.8 Å². The minimum Gasteiger partial charge on any atom is -0.475 e. The molecule has 31 heavy (non-hydrogen) atoms. The Bertz CT molecular complexity index is 786. The van der Waals surface area contributed by atoms with E-state index in [1.807, 2.05) is 0 Å². The molecule has 0 spiro atoms. The van der Waals surface area contributed by atoms with Crippen molar-refractivity contribution < 1.29 is 42.5 Å². The molecule has 2 aliphatic heterocycles. The number of carbonyl (C=O) groups is 3. The molecular weight excluding hydrogens is 427 g/mol. The molecule has 0 aromatic carbocycles. The van der Waals surface area contributed by atoms with Crippen molar-refractivity contribution in [1.29, 1.82) is 0 Å². The van der Waals surface area contributed by atoms with Gasteiger partial charge in [0.2, 0.25) is 17.7 Å². The molecule has 0 radical (unpaired) electrons.